The van der Waals surface area contributed by atoms with Crippen LogP contribution in [-0.2, 0) is 0 Å². The summed E-state index contributed by atoms with van der Waals surface area (Å²) in [4.78, 5) is 13.0. The third-order valence-corrected chi connectivity index (χ3v) is 4.04. The maximum atomic E-state index is 4.54. The average molecular weight is 256 g/mol. The number of nitrogens with one attached hydrogen (secondary N) is 1. The second-order valence-corrected chi connectivity index (χ2v) is 5.38. The van der Waals surface area contributed by atoms with Crippen LogP contribution in [0.25, 0.3) is 11.2 Å². The van der Waals surface area contributed by atoms with Crippen molar-refractivity contribution in [2.75, 3.05) is 5.32 Å². The first-order valence-electron chi connectivity index (χ1n) is 7.19. The minimum atomic E-state index is 0.556. The van der Waals surface area contributed by atoms with E-state index in [0.29, 0.717) is 6.04 Å². The topological polar surface area (TPSA) is 50.7 Å². The van der Waals surface area contributed by atoms with E-state index in [0.717, 1.165) is 22.9 Å². The molecule has 1 fully saturated rings. The van der Waals surface area contributed by atoms with Crippen molar-refractivity contribution in [3.8, 4) is 0 Å². The van der Waals surface area contributed by atoms with Gasteiger partial charge in [0.25, 0.3) is 0 Å². The molecule has 4 heteroatoms. The number of hydrogen-bond donors (Lipinski definition) is 1. The highest BCUT2D eigenvalue weighted by Gasteiger charge is 2.20. The van der Waals surface area contributed by atoms with Crippen LogP contribution < -0.4 is 5.32 Å². The van der Waals surface area contributed by atoms with E-state index in [1.54, 1.807) is 12.4 Å². The molecule has 0 bridgehead atoms. The Morgan fingerprint density at radius 2 is 2.11 bits per heavy atom. The van der Waals surface area contributed by atoms with Crippen molar-refractivity contribution >= 4 is 17.0 Å². The van der Waals surface area contributed by atoms with E-state index in [9.17, 15) is 0 Å². The van der Waals surface area contributed by atoms with Crippen LogP contribution in [0.5, 0.6) is 0 Å². The molecular formula is C15H20N4. The highest BCUT2D eigenvalue weighted by Crippen LogP contribution is 2.28. The van der Waals surface area contributed by atoms with Crippen molar-refractivity contribution in [3.05, 3.63) is 24.5 Å². The lowest BCUT2D eigenvalue weighted by Gasteiger charge is -2.29. The number of fused-ring (bicyclic) bond motifs is 1. The zero-order chi connectivity index (χ0) is 13.1. The van der Waals surface area contributed by atoms with E-state index in [1.165, 1.54) is 32.1 Å². The molecule has 1 saturated carbocycles. The highest BCUT2D eigenvalue weighted by atomic mass is 15.0. The van der Waals surface area contributed by atoms with Gasteiger partial charge in [-0.2, -0.15) is 0 Å². The lowest BCUT2D eigenvalue weighted by molar-refractivity contribution is 0.327. The van der Waals surface area contributed by atoms with E-state index in [4.69, 9.17) is 0 Å². The van der Waals surface area contributed by atoms with Gasteiger partial charge in [-0.1, -0.05) is 26.2 Å². The smallest absolute Gasteiger partial charge is 0.180 e. The van der Waals surface area contributed by atoms with Crippen LogP contribution in [0.4, 0.5) is 5.82 Å². The van der Waals surface area contributed by atoms with E-state index >= 15 is 0 Å². The zero-order valence-electron chi connectivity index (χ0n) is 11.3. The first-order chi connectivity index (χ1) is 9.35. The number of hydrogen-bond acceptors (Lipinski definition) is 4. The lowest BCUT2D eigenvalue weighted by Crippen LogP contribution is -2.27. The van der Waals surface area contributed by atoms with Crippen LogP contribution in [0.15, 0.2) is 24.5 Å². The zero-order valence-corrected chi connectivity index (χ0v) is 11.3. The molecule has 0 spiro atoms. The second kappa shape index (κ2) is 5.51. The average Bonchev–Trinajstić information content (AvgIpc) is 2.47. The Bertz CT molecular complexity index is 555. The Hall–Kier alpha value is -1.71. The Labute approximate surface area is 113 Å². The van der Waals surface area contributed by atoms with Gasteiger partial charge in [-0.25, -0.2) is 9.97 Å². The summed E-state index contributed by atoms with van der Waals surface area (Å²) in [7, 11) is 0. The molecule has 4 nitrogen and oxygen atoms in total. The number of pyridine rings is 1. The number of anilines is 1. The molecule has 1 aliphatic rings. The first-order valence-corrected chi connectivity index (χ1v) is 7.19. The molecule has 2 aromatic heterocycles. The van der Waals surface area contributed by atoms with Crippen LogP contribution in [-0.4, -0.2) is 21.0 Å². The minimum absolute atomic E-state index is 0.556. The first kappa shape index (κ1) is 12.3. The van der Waals surface area contributed by atoms with Crippen LogP contribution in [0, 0.1) is 5.92 Å². The fourth-order valence-corrected chi connectivity index (χ4v) is 2.94. The molecule has 0 saturated heterocycles. The third-order valence-electron chi connectivity index (χ3n) is 4.04. The molecule has 3 rings (SSSR count). The predicted octanol–water partition coefficient (Wildman–Crippen LogP) is 3.41. The molecule has 1 aliphatic carbocycles. The van der Waals surface area contributed by atoms with Gasteiger partial charge in [-0.05, 0) is 30.9 Å². The summed E-state index contributed by atoms with van der Waals surface area (Å²) in [5.74, 6) is 1.79. The Balaban J connectivity index is 1.74. The van der Waals surface area contributed by atoms with Gasteiger partial charge in [0.05, 0.1) is 0 Å². The molecule has 0 aromatic carbocycles. The Morgan fingerprint density at radius 1 is 1.21 bits per heavy atom. The van der Waals surface area contributed by atoms with Gasteiger partial charge in [0.2, 0.25) is 0 Å². The monoisotopic (exact) mass is 256 g/mol. The number of nitrogens with zero attached hydrogens (tertiary/aromatic N) is 3. The molecular weight excluding hydrogens is 236 g/mol. The Kier molecular flexibility index (Phi) is 3.58. The molecule has 2 unspecified atom stereocenters. The molecule has 0 aliphatic heterocycles. The molecule has 19 heavy (non-hydrogen) atoms. The van der Waals surface area contributed by atoms with Gasteiger partial charge in [0.1, 0.15) is 11.3 Å². The van der Waals surface area contributed by atoms with E-state index in [1.807, 2.05) is 12.1 Å². The SMILES string of the molecule is CCC1CCCC(Nc2ccc3nccnc3n2)C1. The maximum absolute atomic E-state index is 4.54. The van der Waals surface area contributed by atoms with Gasteiger partial charge in [-0.15, -0.1) is 0 Å². The predicted molar refractivity (Wildman–Crippen MR) is 77.0 cm³/mol. The summed E-state index contributed by atoms with van der Waals surface area (Å²) in [6.07, 6.45) is 9.88. The standard InChI is InChI=1S/C15H20N4/c1-2-11-4-3-5-12(10-11)18-14-7-6-13-15(19-14)17-9-8-16-13/h6-9,11-12H,2-5,10H2,1H3,(H,17,18,19). The molecule has 1 N–H and O–H groups in total. The van der Waals surface area contributed by atoms with Gasteiger partial charge in [-0.3, -0.25) is 4.98 Å². The van der Waals surface area contributed by atoms with Gasteiger partial charge >= 0.3 is 0 Å². The summed E-state index contributed by atoms with van der Waals surface area (Å²) in [5, 5.41) is 3.56. The fraction of sp³-hybridized carbons (Fsp3) is 0.533. The molecule has 0 radical (unpaired) electrons. The van der Waals surface area contributed by atoms with Crippen molar-refractivity contribution in [1.82, 2.24) is 15.0 Å². The van der Waals surface area contributed by atoms with E-state index in [2.05, 4.69) is 27.2 Å². The molecule has 2 aromatic rings. The summed E-state index contributed by atoms with van der Waals surface area (Å²) in [6.45, 7) is 2.29. The van der Waals surface area contributed by atoms with Crippen molar-refractivity contribution in [2.24, 2.45) is 5.92 Å². The van der Waals surface area contributed by atoms with Gasteiger partial charge < -0.3 is 5.32 Å². The van der Waals surface area contributed by atoms with E-state index < -0.39 is 0 Å². The molecule has 0 amide bonds. The molecule has 2 heterocycles. The number of aromatic nitrogens is 3. The fourth-order valence-electron chi connectivity index (χ4n) is 2.94. The normalized spacial score (nSPS) is 23.4. The lowest BCUT2D eigenvalue weighted by atomic mass is 9.84. The molecule has 100 valence electrons. The van der Waals surface area contributed by atoms with E-state index in [-0.39, 0.29) is 0 Å². The minimum Gasteiger partial charge on any atom is -0.367 e. The summed E-state index contributed by atoms with van der Waals surface area (Å²) in [5.41, 5.74) is 1.57. The quantitative estimate of drug-likeness (QED) is 0.914. The Morgan fingerprint density at radius 3 is 3.00 bits per heavy atom. The van der Waals surface area contributed by atoms with Crippen LogP contribution in [0.2, 0.25) is 0 Å². The second-order valence-electron chi connectivity index (χ2n) is 5.38. The van der Waals surface area contributed by atoms with Gasteiger partial charge in [0.15, 0.2) is 5.65 Å². The van der Waals surface area contributed by atoms with Crippen LogP contribution in [0.1, 0.15) is 39.0 Å². The largest absolute Gasteiger partial charge is 0.367 e. The number of rotatable bonds is 3. The van der Waals surface area contributed by atoms with Gasteiger partial charge in [0, 0.05) is 18.4 Å². The third kappa shape index (κ3) is 2.83. The summed E-state index contributed by atoms with van der Waals surface area (Å²) in [6, 6.07) is 4.55. The molecule has 2 atom stereocenters. The highest BCUT2D eigenvalue weighted by molar-refractivity contribution is 5.71. The van der Waals surface area contributed by atoms with Crippen LogP contribution >= 0.6 is 0 Å². The van der Waals surface area contributed by atoms with Crippen molar-refractivity contribution < 1.29 is 0 Å². The van der Waals surface area contributed by atoms with Crippen LogP contribution in [0.3, 0.4) is 0 Å². The summed E-state index contributed by atoms with van der Waals surface area (Å²) >= 11 is 0. The maximum Gasteiger partial charge on any atom is 0.180 e. The van der Waals surface area contributed by atoms with Crippen molar-refractivity contribution in [3.63, 3.8) is 0 Å². The summed E-state index contributed by atoms with van der Waals surface area (Å²) < 4.78 is 0. The van der Waals surface area contributed by atoms with Crippen molar-refractivity contribution in [1.29, 1.82) is 0 Å². The van der Waals surface area contributed by atoms with Crippen molar-refractivity contribution in [2.45, 2.75) is 45.1 Å².